The van der Waals surface area contributed by atoms with Crippen molar-refractivity contribution in [3.63, 3.8) is 0 Å². The first kappa shape index (κ1) is 12.2. The van der Waals surface area contributed by atoms with E-state index in [-0.39, 0.29) is 17.3 Å². The average molecular weight is 231 g/mol. The van der Waals surface area contributed by atoms with Crippen LogP contribution >= 0.6 is 11.6 Å². The van der Waals surface area contributed by atoms with E-state index in [4.69, 9.17) is 11.6 Å². The Kier molecular flexibility index (Phi) is 3.55. The molecule has 1 aromatic rings. The summed E-state index contributed by atoms with van der Waals surface area (Å²) in [6.07, 6.45) is 1.43. The summed E-state index contributed by atoms with van der Waals surface area (Å²) < 4.78 is 13.4. The van der Waals surface area contributed by atoms with Gasteiger partial charge in [-0.2, -0.15) is 0 Å². The van der Waals surface area contributed by atoms with Gasteiger partial charge in [-0.3, -0.25) is 0 Å². The Labute approximate surface area is 94.9 Å². The maximum absolute atomic E-state index is 13.4. The van der Waals surface area contributed by atoms with E-state index in [1.54, 1.807) is 0 Å². The zero-order chi connectivity index (χ0) is 11.6. The van der Waals surface area contributed by atoms with Gasteiger partial charge < -0.3 is 5.32 Å². The molecule has 0 saturated heterocycles. The Hall–Kier alpha value is -0.830. The molecule has 0 bridgehead atoms. The molecule has 1 unspecified atom stereocenters. The summed E-state index contributed by atoms with van der Waals surface area (Å²) in [5, 5.41) is 3.34. The van der Waals surface area contributed by atoms with Crippen LogP contribution in [-0.2, 0) is 0 Å². The fourth-order valence-corrected chi connectivity index (χ4v) is 1.09. The molecule has 0 spiro atoms. The van der Waals surface area contributed by atoms with Crippen molar-refractivity contribution in [2.45, 2.75) is 33.7 Å². The van der Waals surface area contributed by atoms with Gasteiger partial charge in [0.2, 0.25) is 0 Å². The molecule has 4 heteroatoms. The fourth-order valence-electron chi connectivity index (χ4n) is 0.942. The number of nitrogens with one attached hydrogen (secondary N) is 1. The van der Waals surface area contributed by atoms with Gasteiger partial charge in [0.1, 0.15) is 0 Å². The van der Waals surface area contributed by atoms with Crippen molar-refractivity contribution in [1.82, 2.24) is 4.98 Å². The van der Waals surface area contributed by atoms with Crippen LogP contribution in [0.2, 0.25) is 5.02 Å². The van der Waals surface area contributed by atoms with E-state index < -0.39 is 5.82 Å². The number of nitrogens with zero attached hydrogens (tertiary/aromatic N) is 1. The standard InChI is InChI=1S/C11H16ClFN2/c1-7(11(2,3)4)15-10-9(13)5-8(12)6-14-10/h5-7H,1-4H3,(H,14,15). The SMILES string of the molecule is CC(Nc1ncc(Cl)cc1F)C(C)(C)C. The number of aromatic nitrogens is 1. The molecule has 1 N–H and O–H groups in total. The third-order valence-electron chi connectivity index (χ3n) is 2.46. The molecule has 2 nitrogen and oxygen atoms in total. The van der Waals surface area contributed by atoms with Crippen molar-refractivity contribution in [2.24, 2.45) is 5.41 Å². The van der Waals surface area contributed by atoms with E-state index in [0.29, 0.717) is 5.02 Å². The van der Waals surface area contributed by atoms with E-state index >= 15 is 0 Å². The van der Waals surface area contributed by atoms with Crippen LogP contribution in [0.1, 0.15) is 27.7 Å². The van der Waals surface area contributed by atoms with E-state index in [1.165, 1.54) is 12.3 Å². The number of anilines is 1. The van der Waals surface area contributed by atoms with Crippen molar-refractivity contribution in [3.05, 3.63) is 23.1 Å². The van der Waals surface area contributed by atoms with E-state index in [9.17, 15) is 4.39 Å². The highest BCUT2D eigenvalue weighted by Crippen LogP contribution is 2.23. The second kappa shape index (κ2) is 4.35. The molecule has 1 aromatic heterocycles. The molecule has 0 saturated carbocycles. The first-order chi connectivity index (χ1) is 6.80. The predicted molar refractivity (Wildman–Crippen MR) is 61.7 cm³/mol. The molecular formula is C11H16ClFN2. The number of hydrogen-bond donors (Lipinski definition) is 1. The first-order valence-corrected chi connectivity index (χ1v) is 5.26. The van der Waals surface area contributed by atoms with Crippen LogP contribution in [0.25, 0.3) is 0 Å². The number of pyridine rings is 1. The Morgan fingerprint density at radius 2 is 2.07 bits per heavy atom. The second-order valence-corrected chi connectivity index (χ2v) is 5.15. The fraction of sp³-hybridized carbons (Fsp3) is 0.545. The third-order valence-corrected chi connectivity index (χ3v) is 2.67. The average Bonchev–Trinajstić information content (AvgIpc) is 2.08. The van der Waals surface area contributed by atoms with Gasteiger partial charge in [-0.15, -0.1) is 0 Å². The van der Waals surface area contributed by atoms with Gasteiger partial charge in [0, 0.05) is 12.2 Å². The van der Waals surface area contributed by atoms with Crippen LogP contribution in [-0.4, -0.2) is 11.0 Å². The minimum atomic E-state index is -0.418. The molecule has 84 valence electrons. The molecule has 0 aliphatic heterocycles. The highest BCUT2D eigenvalue weighted by molar-refractivity contribution is 6.30. The molecule has 15 heavy (non-hydrogen) atoms. The highest BCUT2D eigenvalue weighted by Gasteiger charge is 2.21. The predicted octanol–water partition coefficient (Wildman–Crippen LogP) is 3.72. The van der Waals surface area contributed by atoms with Crippen LogP contribution in [0.3, 0.4) is 0 Å². The minimum Gasteiger partial charge on any atom is -0.365 e. The number of hydrogen-bond acceptors (Lipinski definition) is 2. The van der Waals surface area contributed by atoms with Crippen molar-refractivity contribution in [3.8, 4) is 0 Å². The van der Waals surface area contributed by atoms with Gasteiger partial charge >= 0.3 is 0 Å². The van der Waals surface area contributed by atoms with Gasteiger partial charge in [-0.05, 0) is 18.4 Å². The molecule has 0 radical (unpaired) electrons. The topological polar surface area (TPSA) is 24.9 Å². The van der Waals surface area contributed by atoms with Gasteiger partial charge in [-0.25, -0.2) is 9.37 Å². The maximum Gasteiger partial charge on any atom is 0.166 e. The molecule has 0 aromatic carbocycles. The molecule has 0 aliphatic carbocycles. The molecular weight excluding hydrogens is 215 g/mol. The molecule has 0 amide bonds. The smallest absolute Gasteiger partial charge is 0.166 e. The van der Waals surface area contributed by atoms with Crippen LogP contribution in [0.4, 0.5) is 10.2 Å². The van der Waals surface area contributed by atoms with Crippen molar-refractivity contribution < 1.29 is 4.39 Å². The summed E-state index contributed by atoms with van der Waals surface area (Å²) in [6, 6.07) is 1.38. The lowest BCUT2D eigenvalue weighted by Crippen LogP contribution is -2.31. The summed E-state index contributed by atoms with van der Waals surface area (Å²) in [4.78, 5) is 3.91. The van der Waals surface area contributed by atoms with Gasteiger partial charge in [0.15, 0.2) is 11.6 Å². The van der Waals surface area contributed by atoms with E-state index in [0.717, 1.165) is 0 Å². The molecule has 1 heterocycles. The zero-order valence-electron chi connectivity index (χ0n) is 9.44. The molecule has 1 atom stereocenters. The Bertz CT molecular complexity index is 347. The highest BCUT2D eigenvalue weighted by atomic mass is 35.5. The molecule has 0 aliphatic rings. The van der Waals surface area contributed by atoms with E-state index in [1.807, 2.05) is 6.92 Å². The van der Waals surface area contributed by atoms with Gasteiger partial charge in [-0.1, -0.05) is 32.4 Å². The van der Waals surface area contributed by atoms with Crippen LogP contribution < -0.4 is 5.32 Å². The quantitative estimate of drug-likeness (QED) is 0.838. The summed E-state index contributed by atoms with van der Waals surface area (Å²) >= 11 is 5.61. The zero-order valence-corrected chi connectivity index (χ0v) is 10.2. The number of rotatable bonds is 2. The normalized spacial score (nSPS) is 13.7. The lowest BCUT2D eigenvalue weighted by molar-refractivity contribution is 0.357. The maximum atomic E-state index is 13.4. The lowest BCUT2D eigenvalue weighted by atomic mass is 9.88. The van der Waals surface area contributed by atoms with Crippen LogP contribution in [0.15, 0.2) is 12.3 Å². The summed E-state index contributed by atoms with van der Waals surface area (Å²) in [7, 11) is 0. The minimum absolute atomic E-state index is 0.0494. The largest absolute Gasteiger partial charge is 0.365 e. The van der Waals surface area contributed by atoms with E-state index in [2.05, 4.69) is 31.1 Å². The molecule has 1 rings (SSSR count). The Balaban J connectivity index is 2.82. The van der Waals surface area contributed by atoms with Crippen LogP contribution in [0, 0.1) is 11.2 Å². The third kappa shape index (κ3) is 3.34. The van der Waals surface area contributed by atoms with Crippen molar-refractivity contribution >= 4 is 17.4 Å². The van der Waals surface area contributed by atoms with Gasteiger partial charge in [0.25, 0.3) is 0 Å². The first-order valence-electron chi connectivity index (χ1n) is 4.88. The second-order valence-electron chi connectivity index (χ2n) is 4.72. The summed E-state index contributed by atoms with van der Waals surface area (Å²) in [5.41, 5.74) is 0.0494. The van der Waals surface area contributed by atoms with Crippen molar-refractivity contribution in [2.75, 3.05) is 5.32 Å². The van der Waals surface area contributed by atoms with Gasteiger partial charge in [0.05, 0.1) is 5.02 Å². The lowest BCUT2D eigenvalue weighted by Gasteiger charge is -2.28. The molecule has 0 fully saturated rings. The van der Waals surface area contributed by atoms with Crippen molar-refractivity contribution in [1.29, 1.82) is 0 Å². The number of halogens is 2. The monoisotopic (exact) mass is 230 g/mol. The summed E-state index contributed by atoms with van der Waals surface area (Å²) in [6.45, 7) is 8.24. The van der Waals surface area contributed by atoms with Crippen LogP contribution in [0.5, 0.6) is 0 Å². The Morgan fingerprint density at radius 3 is 2.53 bits per heavy atom. The Morgan fingerprint density at radius 1 is 1.47 bits per heavy atom. The summed E-state index contributed by atoms with van der Waals surface area (Å²) in [5.74, 6) is -0.166.